The van der Waals surface area contributed by atoms with Gasteiger partial charge in [-0.15, -0.1) is 0 Å². The van der Waals surface area contributed by atoms with E-state index >= 15 is 0 Å². The van der Waals surface area contributed by atoms with E-state index in [0.29, 0.717) is 0 Å². The fraction of sp³-hybridized carbons (Fsp3) is 0.900. The Morgan fingerprint density at radius 3 is 1.57 bits per heavy atom. The van der Waals surface area contributed by atoms with Gasteiger partial charge in [-0.1, -0.05) is 92.5 Å². The second-order valence-corrected chi connectivity index (χ2v) is 7.40. The lowest BCUT2D eigenvalue weighted by atomic mass is 10.0. The van der Waals surface area contributed by atoms with E-state index in [1.54, 1.807) is 14.2 Å². The van der Waals surface area contributed by atoms with Crippen molar-refractivity contribution in [2.45, 2.75) is 96.2 Å². The molecule has 0 N–H and O–H groups in total. The Kier molecular flexibility index (Phi) is 20.8. The molecule has 0 aliphatic rings. The molecule has 0 aromatic rings. The van der Waals surface area contributed by atoms with Crippen molar-refractivity contribution in [2.75, 3.05) is 18.6 Å². The van der Waals surface area contributed by atoms with Crippen LogP contribution in [0, 0.1) is 0 Å². The molecule has 0 aromatic heterocycles. The van der Waals surface area contributed by atoms with E-state index in [2.05, 4.69) is 34.7 Å². The molecule has 0 fully saturated rings. The van der Waals surface area contributed by atoms with Crippen LogP contribution in [-0.2, 0) is 9.47 Å². The van der Waals surface area contributed by atoms with Gasteiger partial charge in [0, 0.05) is 18.6 Å². The van der Waals surface area contributed by atoms with E-state index in [4.69, 9.17) is 9.47 Å². The van der Waals surface area contributed by atoms with Crippen molar-refractivity contribution in [1.82, 2.24) is 0 Å². The van der Waals surface area contributed by atoms with Crippen LogP contribution in [0.15, 0.2) is 12.2 Å². The van der Waals surface area contributed by atoms with Crippen LogP contribution in [0.3, 0.4) is 0 Å². The van der Waals surface area contributed by atoms with Gasteiger partial charge >= 0.3 is 0 Å². The third-order valence-corrected chi connectivity index (χ3v) is 4.90. The molecule has 0 amide bonds. The topological polar surface area (TPSA) is 18.5 Å². The van der Waals surface area contributed by atoms with Crippen molar-refractivity contribution >= 4 is 22.6 Å². The number of hydrogen-bond donors (Lipinski definition) is 0. The van der Waals surface area contributed by atoms with Gasteiger partial charge in [0.2, 0.25) is 0 Å². The molecule has 0 unspecified atom stereocenters. The molecular weight excluding hydrogens is 399 g/mol. The SMILES string of the molecule is COC(CCCCCCCCCCCCC/C=C/CCI)OC. The Balaban J connectivity index is 3.08. The highest BCUT2D eigenvalue weighted by Crippen LogP contribution is 2.13. The molecule has 0 atom stereocenters. The minimum absolute atomic E-state index is 0.00298. The van der Waals surface area contributed by atoms with Gasteiger partial charge in [0.15, 0.2) is 6.29 Å². The van der Waals surface area contributed by atoms with Crippen LogP contribution in [0.4, 0.5) is 0 Å². The maximum absolute atomic E-state index is 5.20. The Labute approximate surface area is 158 Å². The van der Waals surface area contributed by atoms with E-state index in [1.165, 1.54) is 87.9 Å². The summed E-state index contributed by atoms with van der Waals surface area (Å²) in [5.41, 5.74) is 0. The average molecular weight is 438 g/mol. The molecule has 0 aliphatic heterocycles. The van der Waals surface area contributed by atoms with E-state index < -0.39 is 0 Å². The second kappa shape index (κ2) is 20.4. The Hall–Kier alpha value is 0.390. The van der Waals surface area contributed by atoms with Crippen molar-refractivity contribution in [1.29, 1.82) is 0 Å². The van der Waals surface area contributed by atoms with Crippen molar-refractivity contribution in [3.63, 3.8) is 0 Å². The zero-order valence-corrected chi connectivity index (χ0v) is 17.7. The monoisotopic (exact) mass is 438 g/mol. The molecule has 0 bridgehead atoms. The van der Waals surface area contributed by atoms with Crippen LogP contribution in [0.25, 0.3) is 0 Å². The molecule has 138 valence electrons. The Morgan fingerprint density at radius 2 is 1.09 bits per heavy atom. The summed E-state index contributed by atoms with van der Waals surface area (Å²) in [7, 11) is 3.44. The van der Waals surface area contributed by atoms with Crippen LogP contribution in [0.5, 0.6) is 0 Å². The van der Waals surface area contributed by atoms with Crippen molar-refractivity contribution in [3.05, 3.63) is 12.2 Å². The highest BCUT2D eigenvalue weighted by Gasteiger charge is 2.03. The smallest absolute Gasteiger partial charge is 0.156 e. The number of methoxy groups -OCH3 is 2. The van der Waals surface area contributed by atoms with Gasteiger partial charge in [-0.05, 0) is 32.1 Å². The number of halogens is 1. The molecule has 0 saturated carbocycles. The zero-order valence-electron chi connectivity index (χ0n) is 15.5. The Bertz CT molecular complexity index is 240. The second-order valence-electron chi connectivity index (χ2n) is 6.32. The molecular formula is C20H39IO2. The molecule has 2 nitrogen and oxygen atoms in total. The lowest BCUT2D eigenvalue weighted by Gasteiger charge is -2.12. The summed E-state index contributed by atoms with van der Waals surface area (Å²) >= 11 is 2.43. The van der Waals surface area contributed by atoms with Crippen LogP contribution in [-0.4, -0.2) is 24.9 Å². The molecule has 0 saturated heterocycles. The standard InChI is InChI=1S/C20H39IO2/c1-22-20(23-2)18-16-14-12-10-8-6-4-3-5-7-9-11-13-15-17-19-21/h13,15,20H,3-12,14,16-19H2,1-2H3/b15-13+. The molecule has 0 radical (unpaired) electrons. The Morgan fingerprint density at radius 1 is 0.652 bits per heavy atom. The van der Waals surface area contributed by atoms with Crippen molar-refractivity contribution < 1.29 is 9.47 Å². The van der Waals surface area contributed by atoms with Gasteiger partial charge in [-0.2, -0.15) is 0 Å². The highest BCUT2D eigenvalue weighted by atomic mass is 127. The third-order valence-electron chi connectivity index (χ3n) is 4.28. The normalized spacial score (nSPS) is 11.8. The summed E-state index contributed by atoms with van der Waals surface area (Å²) in [5, 5.41) is 0. The summed E-state index contributed by atoms with van der Waals surface area (Å²) < 4.78 is 11.6. The van der Waals surface area contributed by atoms with Crippen molar-refractivity contribution in [3.8, 4) is 0 Å². The predicted molar refractivity (Wildman–Crippen MR) is 110 cm³/mol. The van der Waals surface area contributed by atoms with Gasteiger partial charge in [0.1, 0.15) is 0 Å². The molecule has 0 aromatic carbocycles. The number of rotatable bonds is 18. The first-order valence-corrected chi connectivity index (χ1v) is 11.1. The fourth-order valence-corrected chi connectivity index (χ4v) is 3.15. The largest absolute Gasteiger partial charge is 0.356 e. The summed E-state index contributed by atoms with van der Waals surface area (Å²) in [5.74, 6) is 0. The van der Waals surface area contributed by atoms with Crippen LogP contribution in [0.1, 0.15) is 89.9 Å². The lowest BCUT2D eigenvalue weighted by molar-refractivity contribution is -0.107. The molecule has 0 aliphatic carbocycles. The zero-order chi connectivity index (χ0) is 17.0. The van der Waals surface area contributed by atoms with Crippen LogP contribution in [0.2, 0.25) is 0 Å². The van der Waals surface area contributed by atoms with Gasteiger partial charge in [-0.25, -0.2) is 0 Å². The molecule has 23 heavy (non-hydrogen) atoms. The maximum atomic E-state index is 5.20. The van der Waals surface area contributed by atoms with E-state index in [9.17, 15) is 0 Å². The van der Waals surface area contributed by atoms with E-state index in [-0.39, 0.29) is 6.29 Å². The molecule has 0 spiro atoms. The number of allylic oxidation sites excluding steroid dienone is 2. The molecule has 3 heteroatoms. The van der Waals surface area contributed by atoms with Crippen molar-refractivity contribution in [2.24, 2.45) is 0 Å². The summed E-state index contributed by atoms with van der Waals surface area (Å²) in [6, 6.07) is 0. The predicted octanol–water partition coefficient (Wildman–Crippen LogP) is 7.06. The lowest BCUT2D eigenvalue weighted by Crippen LogP contribution is -2.12. The van der Waals surface area contributed by atoms with E-state index in [0.717, 1.165) is 6.42 Å². The van der Waals surface area contributed by atoms with Crippen LogP contribution >= 0.6 is 22.6 Å². The van der Waals surface area contributed by atoms with Gasteiger partial charge in [0.25, 0.3) is 0 Å². The van der Waals surface area contributed by atoms with E-state index in [1.807, 2.05) is 0 Å². The number of ether oxygens (including phenoxy) is 2. The van der Waals surface area contributed by atoms with Gasteiger partial charge in [0.05, 0.1) is 0 Å². The summed E-state index contributed by atoms with van der Waals surface area (Å²) in [4.78, 5) is 0. The first-order chi connectivity index (χ1) is 11.3. The fourth-order valence-electron chi connectivity index (χ4n) is 2.79. The summed E-state index contributed by atoms with van der Waals surface area (Å²) in [6.07, 6.45) is 23.4. The van der Waals surface area contributed by atoms with Crippen LogP contribution < -0.4 is 0 Å². The quantitative estimate of drug-likeness (QED) is 0.0750. The average Bonchev–Trinajstić information content (AvgIpc) is 2.58. The molecule has 0 rings (SSSR count). The third kappa shape index (κ3) is 18.6. The number of hydrogen-bond acceptors (Lipinski definition) is 2. The summed E-state index contributed by atoms with van der Waals surface area (Å²) in [6.45, 7) is 0. The number of unbranched alkanes of at least 4 members (excludes halogenated alkanes) is 11. The maximum Gasteiger partial charge on any atom is 0.156 e. The first-order valence-electron chi connectivity index (χ1n) is 9.61. The minimum atomic E-state index is -0.00298. The number of alkyl halides is 1. The molecule has 0 heterocycles. The van der Waals surface area contributed by atoms with Gasteiger partial charge in [-0.3, -0.25) is 0 Å². The first kappa shape index (κ1) is 23.4. The highest BCUT2D eigenvalue weighted by molar-refractivity contribution is 14.1. The minimum Gasteiger partial charge on any atom is -0.356 e. The van der Waals surface area contributed by atoms with Gasteiger partial charge < -0.3 is 9.47 Å².